The lowest BCUT2D eigenvalue weighted by Gasteiger charge is -2.36. The van der Waals surface area contributed by atoms with E-state index in [9.17, 15) is 0 Å². The van der Waals surface area contributed by atoms with E-state index in [-0.39, 0.29) is 5.04 Å². The van der Waals surface area contributed by atoms with Crippen molar-refractivity contribution in [2.24, 2.45) is 0 Å². The molecule has 0 aliphatic carbocycles. The number of hydrogen-bond donors (Lipinski definition) is 0. The number of rotatable bonds is 5. The van der Waals surface area contributed by atoms with Crippen molar-refractivity contribution in [1.29, 1.82) is 0 Å². The Morgan fingerprint density at radius 1 is 1.17 bits per heavy atom. The third-order valence-corrected chi connectivity index (χ3v) is 8.01. The summed E-state index contributed by atoms with van der Waals surface area (Å²) >= 11 is 0. The summed E-state index contributed by atoms with van der Waals surface area (Å²) in [6.45, 7) is 14.5. The van der Waals surface area contributed by atoms with Crippen LogP contribution in [0.15, 0.2) is 18.5 Å². The van der Waals surface area contributed by atoms with Crippen LogP contribution >= 0.6 is 0 Å². The molecular formula is C14H25NO2Si. The van der Waals surface area contributed by atoms with Crippen LogP contribution in [0.1, 0.15) is 26.3 Å². The van der Waals surface area contributed by atoms with Gasteiger partial charge in [0, 0.05) is 6.20 Å². The molecule has 0 saturated heterocycles. The first-order valence-corrected chi connectivity index (χ1v) is 9.31. The molecule has 1 aromatic rings. The number of aryl methyl sites for hydroxylation is 1. The van der Waals surface area contributed by atoms with Crippen molar-refractivity contribution in [1.82, 2.24) is 4.98 Å². The summed E-state index contributed by atoms with van der Waals surface area (Å²) in [7, 11) is -1.65. The van der Waals surface area contributed by atoms with E-state index in [1.54, 1.807) is 6.20 Å². The minimum atomic E-state index is -1.65. The number of aromatic nitrogens is 1. The maximum atomic E-state index is 6.04. The van der Waals surface area contributed by atoms with Crippen molar-refractivity contribution in [2.75, 3.05) is 13.2 Å². The van der Waals surface area contributed by atoms with Gasteiger partial charge in [-0.25, -0.2) is 0 Å². The summed E-state index contributed by atoms with van der Waals surface area (Å²) in [4.78, 5) is 4.09. The van der Waals surface area contributed by atoms with E-state index in [0.717, 1.165) is 11.3 Å². The summed E-state index contributed by atoms with van der Waals surface area (Å²) in [5, 5.41) is 0.248. The van der Waals surface area contributed by atoms with E-state index in [0.29, 0.717) is 13.2 Å². The molecule has 0 amide bonds. The summed E-state index contributed by atoms with van der Waals surface area (Å²) < 4.78 is 11.7. The van der Waals surface area contributed by atoms with Crippen LogP contribution in [0.4, 0.5) is 0 Å². The largest absolute Gasteiger partial charge is 0.490 e. The van der Waals surface area contributed by atoms with Gasteiger partial charge in [-0.05, 0) is 36.7 Å². The lowest BCUT2D eigenvalue weighted by atomic mass is 10.2. The van der Waals surface area contributed by atoms with Crippen LogP contribution in [0.5, 0.6) is 5.75 Å². The van der Waals surface area contributed by atoms with Gasteiger partial charge >= 0.3 is 0 Å². The fraction of sp³-hybridized carbons (Fsp3) is 0.643. The van der Waals surface area contributed by atoms with Gasteiger partial charge in [0.2, 0.25) is 0 Å². The molecule has 0 bridgehead atoms. The van der Waals surface area contributed by atoms with Crippen molar-refractivity contribution < 1.29 is 9.16 Å². The second kappa shape index (κ2) is 5.84. The van der Waals surface area contributed by atoms with Crippen molar-refractivity contribution in [3.63, 3.8) is 0 Å². The van der Waals surface area contributed by atoms with Crippen LogP contribution in [0.3, 0.4) is 0 Å². The molecule has 0 aliphatic rings. The topological polar surface area (TPSA) is 31.4 Å². The first-order chi connectivity index (χ1) is 8.22. The Labute approximate surface area is 112 Å². The molecule has 0 aromatic carbocycles. The van der Waals surface area contributed by atoms with Gasteiger partial charge in [0.1, 0.15) is 12.4 Å². The van der Waals surface area contributed by atoms with Gasteiger partial charge in [-0.3, -0.25) is 4.98 Å². The van der Waals surface area contributed by atoms with Crippen LogP contribution in [0, 0.1) is 6.92 Å². The van der Waals surface area contributed by atoms with Crippen molar-refractivity contribution in [2.45, 2.75) is 45.8 Å². The summed E-state index contributed by atoms with van der Waals surface area (Å²) in [5.41, 5.74) is 1.11. The zero-order chi connectivity index (χ0) is 13.8. The van der Waals surface area contributed by atoms with E-state index in [2.05, 4.69) is 38.8 Å². The average molecular weight is 267 g/mol. The van der Waals surface area contributed by atoms with E-state index in [1.807, 2.05) is 19.2 Å². The quantitative estimate of drug-likeness (QED) is 0.601. The van der Waals surface area contributed by atoms with Crippen LogP contribution < -0.4 is 4.74 Å². The summed E-state index contributed by atoms with van der Waals surface area (Å²) in [5.74, 6) is 0.814. The van der Waals surface area contributed by atoms with Gasteiger partial charge in [0.25, 0.3) is 0 Å². The van der Waals surface area contributed by atoms with Crippen LogP contribution in [-0.4, -0.2) is 26.5 Å². The highest BCUT2D eigenvalue weighted by Crippen LogP contribution is 2.36. The summed E-state index contributed by atoms with van der Waals surface area (Å²) in [6, 6.07) is 1.99. The van der Waals surface area contributed by atoms with Crippen LogP contribution in [-0.2, 0) is 4.43 Å². The normalized spacial score (nSPS) is 12.6. The Morgan fingerprint density at radius 3 is 2.39 bits per heavy atom. The third kappa shape index (κ3) is 4.42. The van der Waals surface area contributed by atoms with Gasteiger partial charge in [0.15, 0.2) is 8.32 Å². The first kappa shape index (κ1) is 15.2. The molecule has 18 heavy (non-hydrogen) atoms. The second-order valence-electron chi connectivity index (χ2n) is 6.16. The monoisotopic (exact) mass is 267 g/mol. The fourth-order valence-electron chi connectivity index (χ4n) is 1.28. The molecule has 3 nitrogen and oxygen atoms in total. The minimum absolute atomic E-state index is 0.248. The number of ether oxygens (including phenoxy) is 1. The van der Waals surface area contributed by atoms with Gasteiger partial charge in [-0.15, -0.1) is 0 Å². The Hall–Kier alpha value is -0.873. The lowest BCUT2D eigenvalue weighted by Crippen LogP contribution is -2.41. The van der Waals surface area contributed by atoms with E-state index < -0.39 is 8.32 Å². The number of hydrogen-bond acceptors (Lipinski definition) is 3. The molecule has 0 radical (unpaired) electrons. The minimum Gasteiger partial charge on any atom is -0.490 e. The molecule has 4 heteroatoms. The molecule has 0 fully saturated rings. The zero-order valence-corrected chi connectivity index (χ0v) is 13.4. The SMILES string of the molecule is Cc1cncc(OCCO[Si](C)(C)C(C)(C)C)c1. The average Bonchev–Trinajstić information content (AvgIpc) is 2.23. The molecule has 0 spiro atoms. The van der Waals surface area contributed by atoms with Crippen molar-refractivity contribution >= 4 is 8.32 Å². The fourth-order valence-corrected chi connectivity index (χ4v) is 2.31. The second-order valence-corrected chi connectivity index (χ2v) is 11.0. The molecule has 102 valence electrons. The number of pyridine rings is 1. The van der Waals surface area contributed by atoms with E-state index in [1.165, 1.54) is 0 Å². The van der Waals surface area contributed by atoms with E-state index >= 15 is 0 Å². The Bertz CT molecular complexity index is 386. The molecular weight excluding hydrogens is 242 g/mol. The molecule has 1 heterocycles. The summed E-state index contributed by atoms with van der Waals surface area (Å²) in [6.07, 6.45) is 3.55. The highest BCUT2D eigenvalue weighted by atomic mass is 28.4. The van der Waals surface area contributed by atoms with Crippen LogP contribution in [0.2, 0.25) is 18.1 Å². The molecule has 0 saturated carbocycles. The molecule has 1 aromatic heterocycles. The number of nitrogens with zero attached hydrogens (tertiary/aromatic N) is 1. The molecule has 0 aliphatic heterocycles. The van der Waals surface area contributed by atoms with Gasteiger partial charge in [0.05, 0.1) is 12.8 Å². The maximum absolute atomic E-state index is 6.04. The standard InChI is InChI=1S/C14H25NO2Si/c1-12-9-13(11-15-10-12)16-7-8-17-18(5,6)14(2,3)4/h9-11H,7-8H2,1-6H3. The highest BCUT2D eigenvalue weighted by Gasteiger charge is 2.36. The van der Waals surface area contributed by atoms with Gasteiger partial charge < -0.3 is 9.16 Å². The van der Waals surface area contributed by atoms with Crippen molar-refractivity contribution in [3.8, 4) is 5.75 Å². The molecule has 0 atom stereocenters. The molecule has 0 N–H and O–H groups in total. The van der Waals surface area contributed by atoms with Crippen molar-refractivity contribution in [3.05, 3.63) is 24.0 Å². The highest BCUT2D eigenvalue weighted by molar-refractivity contribution is 6.74. The van der Waals surface area contributed by atoms with Gasteiger partial charge in [-0.2, -0.15) is 0 Å². The maximum Gasteiger partial charge on any atom is 0.192 e. The van der Waals surface area contributed by atoms with Crippen LogP contribution in [0.25, 0.3) is 0 Å². The Kier molecular flexibility index (Phi) is 4.93. The zero-order valence-electron chi connectivity index (χ0n) is 12.4. The smallest absolute Gasteiger partial charge is 0.192 e. The molecule has 0 unspecified atom stereocenters. The lowest BCUT2D eigenvalue weighted by molar-refractivity contribution is 0.203. The van der Waals surface area contributed by atoms with Gasteiger partial charge in [-0.1, -0.05) is 20.8 Å². The third-order valence-electron chi connectivity index (χ3n) is 3.47. The predicted molar refractivity (Wildman–Crippen MR) is 77.6 cm³/mol. The molecule has 1 rings (SSSR count). The predicted octanol–water partition coefficient (Wildman–Crippen LogP) is 3.79. The Balaban J connectivity index is 2.35. The Morgan fingerprint density at radius 2 is 1.83 bits per heavy atom. The van der Waals surface area contributed by atoms with E-state index in [4.69, 9.17) is 9.16 Å². The first-order valence-electron chi connectivity index (χ1n) is 6.41.